The van der Waals surface area contributed by atoms with Crippen LogP contribution in [0.15, 0.2) is 24.4 Å². The number of carbonyl (C=O) groups is 1. The number of anilines is 2. The van der Waals surface area contributed by atoms with Crippen LogP contribution in [0.4, 0.5) is 11.8 Å². The van der Waals surface area contributed by atoms with E-state index >= 15 is 0 Å². The Kier molecular flexibility index (Phi) is 5.73. The van der Waals surface area contributed by atoms with Gasteiger partial charge in [-0.25, -0.2) is 9.78 Å². The van der Waals surface area contributed by atoms with Crippen LogP contribution in [0.2, 0.25) is 0 Å². The molecular weight excluding hydrogens is 462 g/mol. The van der Waals surface area contributed by atoms with Gasteiger partial charge >= 0.3 is 5.97 Å². The molecule has 3 aromatic heterocycles. The van der Waals surface area contributed by atoms with Crippen molar-refractivity contribution in [2.24, 2.45) is 0 Å². The van der Waals surface area contributed by atoms with Crippen molar-refractivity contribution in [2.75, 3.05) is 56.4 Å². The molecule has 0 amide bonds. The zero-order valence-corrected chi connectivity index (χ0v) is 20.6. The van der Waals surface area contributed by atoms with Crippen LogP contribution in [-0.2, 0) is 14.2 Å². The molecule has 5 heterocycles. The fraction of sp³-hybridized carbons (Fsp3) is 0.440. The molecule has 6 rings (SSSR count). The Labute approximate surface area is 207 Å². The molecule has 0 unspecified atom stereocenters. The molecule has 0 bridgehead atoms. The van der Waals surface area contributed by atoms with Crippen molar-refractivity contribution in [1.29, 1.82) is 0 Å². The van der Waals surface area contributed by atoms with Crippen LogP contribution >= 0.6 is 0 Å². The number of hydrogen-bond acceptors (Lipinski definition) is 9. The lowest BCUT2D eigenvalue weighted by Crippen LogP contribution is -2.46. The standard InChI is InChI=1S/C25H29N7O4/c1-14-12-35-8-6-31(14)23-20-22(29-25(30-23)32-7-9-36-13-15(32)2)28-21(27-20)18-10-16(24(33)34-3)11-19-17(18)4-5-26-19/h4-5,10-11,14-15,26H,6-9,12-13H2,1-3H3,(H,27,28,29,30)/t14-,15-/m1/s1. The number of carbonyl (C=O) groups excluding carboxylic acids is 1. The maximum Gasteiger partial charge on any atom is 0.337 e. The number of fused-ring (bicyclic) bond motifs is 2. The Bertz CT molecular complexity index is 1430. The number of morpholine rings is 2. The van der Waals surface area contributed by atoms with Crippen LogP contribution in [-0.4, -0.2) is 89.6 Å². The van der Waals surface area contributed by atoms with Gasteiger partial charge in [-0.2, -0.15) is 9.97 Å². The quantitative estimate of drug-likeness (QED) is 0.415. The lowest BCUT2D eigenvalue weighted by atomic mass is 10.1. The molecule has 11 nitrogen and oxygen atoms in total. The normalized spacial score (nSPS) is 20.9. The van der Waals surface area contributed by atoms with Gasteiger partial charge in [-0.3, -0.25) is 0 Å². The second-order valence-corrected chi connectivity index (χ2v) is 9.32. The van der Waals surface area contributed by atoms with Crippen molar-refractivity contribution < 1.29 is 19.0 Å². The van der Waals surface area contributed by atoms with E-state index in [-0.39, 0.29) is 12.1 Å². The zero-order valence-electron chi connectivity index (χ0n) is 20.6. The summed E-state index contributed by atoms with van der Waals surface area (Å²) in [6.45, 7) is 8.19. The topological polar surface area (TPSA) is 121 Å². The summed E-state index contributed by atoms with van der Waals surface area (Å²) in [5.41, 5.74) is 3.39. The number of nitrogens with zero attached hydrogens (tertiary/aromatic N) is 5. The average molecular weight is 492 g/mol. The molecule has 2 fully saturated rings. The molecule has 2 atom stereocenters. The van der Waals surface area contributed by atoms with Crippen molar-refractivity contribution >= 4 is 39.8 Å². The van der Waals surface area contributed by atoms with Gasteiger partial charge in [0.05, 0.1) is 51.2 Å². The number of rotatable bonds is 4. The van der Waals surface area contributed by atoms with Crippen LogP contribution in [0.1, 0.15) is 24.2 Å². The van der Waals surface area contributed by atoms with Crippen molar-refractivity contribution in [3.63, 3.8) is 0 Å². The molecule has 0 saturated carbocycles. The van der Waals surface area contributed by atoms with E-state index in [1.54, 1.807) is 12.1 Å². The second-order valence-electron chi connectivity index (χ2n) is 9.32. The van der Waals surface area contributed by atoms with Crippen LogP contribution in [0.5, 0.6) is 0 Å². The molecule has 1 aromatic carbocycles. The van der Waals surface area contributed by atoms with Gasteiger partial charge in [0.15, 0.2) is 17.0 Å². The highest BCUT2D eigenvalue weighted by atomic mass is 16.5. The molecule has 4 aromatic rings. The first kappa shape index (κ1) is 22.7. The Morgan fingerprint density at radius 3 is 2.53 bits per heavy atom. The fourth-order valence-corrected chi connectivity index (χ4v) is 4.99. The molecule has 0 radical (unpaired) electrons. The van der Waals surface area contributed by atoms with Crippen molar-refractivity contribution in [3.8, 4) is 11.4 Å². The van der Waals surface area contributed by atoms with Gasteiger partial charge in [0.2, 0.25) is 5.95 Å². The first-order valence-electron chi connectivity index (χ1n) is 12.2. The summed E-state index contributed by atoms with van der Waals surface area (Å²) in [5, 5.41) is 0.943. The molecule has 2 N–H and O–H groups in total. The highest BCUT2D eigenvalue weighted by Gasteiger charge is 2.29. The van der Waals surface area contributed by atoms with Gasteiger partial charge in [-0.05, 0) is 32.0 Å². The lowest BCUT2D eigenvalue weighted by Gasteiger charge is -2.36. The fourth-order valence-electron chi connectivity index (χ4n) is 4.99. The molecule has 188 valence electrons. The van der Waals surface area contributed by atoms with Gasteiger partial charge in [0.25, 0.3) is 0 Å². The van der Waals surface area contributed by atoms with Crippen LogP contribution in [0.25, 0.3) is 33.5 Å². The summed E-state index contributed by atoms with van der Waals surface area (Å²) >= 11 is 0. The predicted octanol–water partition coefficient (Wildman–Crippen LogP) is 2.74. The maximum atomic E-state index is 12.4. The third kappa shape index (κ3) is 3.84. The van der Waals surface area contributed by atoms with Gasteiger partial charge in [0.1, 0.15) is 5.82 Å². The minimum absolute atomic E-state index is 0.144. The van der Waals surface area contributed by atoms with Crippen molar-refractivity contribution in [1.82, 2.24) is 24.9 Å². The smallest absolute Gasteiger partial charge is 0.337 e. The molecule has 0 spiro atoms. The van der Waals surface area contributed by atoms with E-state index in [4.69, 9.17) is 29.2 Å². The van der Waals surface area contributed by atoms with E-state index in [1.165, 1.54) is 7.11 Å². The van der Waals surface area contributed by atoms with E-state index in [9.17, 15) is 4.79 Å². The van der Waals surface area contributed by atoms with Gasteiger partial charge in [-0.15, -0.1) is 0 Å². The number of hydrogen-bond donors (Lipinski definition) is 2. The Balaban J connectivity index is 1.54. The summed E-state index contributed by atoms with van der Waals surface area (Å²) in [7, 11) is 1.38. The highest BCUT2D eigenvalue weighted by Crippen LogP contribution is 2.34. The minimum atomic E-state index is -0.407. The zero-order chi connectivity index (χ0) is 24.8. The summed E-state index contributed by atoms with van der Waals surface area (Å²) < 4.78 is 16.3. The number of esters is 1. The molecule has 2 aliphatic heterocycles. The number of H-pyrrole nitrogens is 2. The minimum Gasteiger partial charge on any atom is -0.465 e. The van der Waals surface area contributed by atoms with Gasteiger partial charge in [0, 0.05) is 35.8 Å². The number of nitrogens with one attached hydrogen (secondary N) is 2. The highest BCUT2D eigenvalue weighted by molar-refractivity contribution is 6.02. The second kappa shape index (κ2) is 9.07. The molecule has 0 aliphatic carbocycles. The number of imidazole rings is 1. The van der Waals surface area contributed by atoms with E-state index < -0.39 is 5.97 Å². The summed E-state index contributed by atoms with van der Waals surface area (Å²) in [6.07, 6.45) is 1.84. The van der Waals surface area contributed by atoms with Gasteiger partial charge in [-0.1, -0.05) is 0 Å². The number of aromatic nitrogens is 5. The van der Waals surface area contributed by atoms with Crippen molar-refractivity contribution in [3.05, 3.63) is 30.0 Å². The number of aromatic amines is 2. The van der Waals surface area contributed by atoms with E-state index in [2.05, 4.69) is 33.6 Å². The largest absolute Gasteiger partial charge is 0.465 e. The Morgan fingerprint density at radius 1 is 1.06 bits per heavy atom. The molecule has 36 heavy (non-hydrogen) atoms. The monoisotopic (exact) mass is 491 g/mol. The first-order valence-corrected chi connectivity index (χ1v) is 12.2. The molecule has 2 saturated heterocycles. The van der Waals surface area contributed by atoms with E-state index in [0.29, 0.717) is 61.5 Å². The third-order valence-electron chi connectivity index (χ3n) is 6.92. The van der Waals surface area contributed by atoms with E-state index in [0.717, 1.165) is 28.8 Å². The lowest BCUT2D eigenvalue weighted by molar-refractivity contribution is 0.0601. The number of ether oxygens (including phenoxy) is 3. The summed E-state index contributed by atoms with van der Waals surface area (Å²) in [5.74, 6) is 1.64. The molecule has 2 aliphatic rings. The SMILES string of the molecule is COC(=O)c1cc(-c2nc3c(N4CCOC[C@H]4C)nc(N4CCOC[C@H]4C)nc3[nH]2)c2cc[nH]c2c1. The Morgan fingerprint density at radius 2 is 1.81 bits per heavy atom. The van der Waals surface area contributed by atoms with Crippen LogP contribution in [0.3, 0.4) is 0 Å². The third-order valence-corrected chi connectivity index (χ3v) is 6.92. The van der Waals surface area contributed by atoms with Crippen LogP contribution < -0.4 is 9.80 Å². The van der Waals surface area contributed by atoms with E-state index in [1.807, 2.05) is 12.3 Å². The van der Waals surface area contributed by atoms with Crippen LogP contribution in [0, 0.1) is 0 Å². The number of benzene rings is 1. The molecule has 11 heteroatoms. The van der Waals surface area contributed by atoms with Crippen molar-refractivity contribution in [2.45, 2.75) is 25.9 Å². The summed E-state index contributed by atoms with van der Waals surface area (Å²) in [6, 6.07) is 5.85. The number of methoxy groups -OCH3 is 1. The van der Waals surface area contributed by atoms with Gasteiger partial charge < -0.3 is 34.0 Å². The maximum absolute atomic E-state index is 12.4. The Hall–Kier alpha value is -3.70. The predicted molar refractivity (Wildman–Crippen MR) is 136 cm³/mol. The first-order chi connectivity index (χ1) is 17.5. The molecular formula is C25H29N7O4. The summed E-state index contributed by atoms with van der Waals surface area (Å²) in [4.78, 5) is 38.3. The average Bonchev–Trinajstić information content (AvgIpc) is 3.55.